The zero-order chi connectivity index (χ0) is 15.6. The molecular weight excluding hydrogens is 310 g/mol. The van der Waals surface area contributed by atoms with Crippen LogP contribution >= 0.6 is 11.3 Å². The van der Waals surface area contributed by atoms with Gasteiger partial charge in [0.15, 0.2) is 0 Å². The molecule has 1 aromatic carbocycles. The van der Waals surface area contributed by atoms with Gasteiger partial charge in [-0.15, -0.1) is 11.3 Å². The Kier molecular flexibility index (Phi) is 4.31. The highest BCUT2D eigenvalue weighted by Crippen LogP contribution is 2.23. The Hall–Kier alpha value is -1.90. The first kappa shape index (κ1) is 15.5. The third-order valence-corrected chi connectivity index (χ3v) is 4.97. The van der Waals surface area contributed by atoms with Gasteiger partial charge in [-0.3, -0.25) is 4.79 Å². The lowest BCUT2D eigenvalue weighted by Gasteiger charge is -2.11. The second kappa shape index (κ2) is 5.84. The van der Waals surface area contributed by atoms with Crippen molar-refractivity contribution < 1.29 is 13.2 Å². The standard InChI is InChI=1S/C13H15N3O3S2/c1-8-11(3-2-4-12(8)21(15,18)19)16-6-10-5-9(7-20-10)13(14)17/h2-5,7,16H,6H2,1H3,(H2,14,17)(H2,15,18,19). The van der Waals surface area contributed by atoms with Crippen molar-refractivity contribution in [3.05, 3.63) is 45.6 Å². The number of primary amides is 1. The predicted octanol–water partition coefficient (Wildman–Crippen LogP) is 1.41. The van der Waals surface area contributed by atoms with Crippen molar-refractivity contribution in [2.75, 3.05) is 5.32 Å². The lowest BCUT2D eigenvalue weighted by molar-refractivity contribution is 0.100. The maximum atomic E-state index is 11.5. The molecule has 0 aliphatic rings. The second-order valence-electron chi connectivity index (χ2n) is 4.49. The van der Waals surface area contributed by atoms with E-state index in [1.807, 2.05) is 0 Å². The first-order chi connectivity index (χ1) is 9.79. The molecule has 5 N–H and O–H groups in total. The third kappa shape index (κ3) is 3.60. The van der Waals surface area contributed by atoms with Crippen molar-refractivity contribution in [1.29, 1.82) is 0 Å². The largest absolute Gasteiger partial charge is 0.380 e. The monoisotopic (exact) mass is 325 g/mol. The van der Waals surface area contributed by atoms with Gasteiger partial charge in [-0.25, -0.2) is 13.6 Å². The van der Waals surface area contributed by atoms with Gasteiger partial charge in [0.2, 0.25) is 15.9 Å². The average Bonchev–Trinajstić information content (AvgIpc) is 2.85. The topological polar surface area (TPSA) is 115 Å². The van der Waals surface area contributed by atoms with Crippen LogP contribution in [0.1, 0.15) is 20.8 Å². The van der Waals surface area contributed by atoms with E-state index in [-0.39, 0.29) is 4.90 Å². The summed E-state index contributed by atoms with van der Waals surface area (Å²) in [5.41, 5.74) is 6.90. The number of nitrogens with two attached hydrogens (primary N) is 2. The fourth-order valence-corrected chi connectivity index (χ4v) is 3.52. The first-order valence-electron chi connectivity index (χ1n) is 6.02. The van der Waals surface area contributed by atoms with Crippen molar-refractivity contribution in [3.63, 3.8) is 0 Å². The van der Waals surface area contributed by atoms with Crippen LogP contribution in [0, 0.1) is 6.92 Å². The predicted molar refractivity (Wildman–Crippen MR) is 82.7 cm³/mol. The minimum Gasteiger partial charge on any atom is -0.380 e. The minimum atomic E-state index is -3.74. The van der Waals surface area contributed by atoms with Crippen molar-refractivity contribution >= 4 is 33.0 Å². The summed E-state index contributed by atoms with van der Waals surface area (Å²) in [4.78, 5) is 12.0. The number of carbonyl (C=O) groups is 1. The van der Waals surface area contributed by atoms with Crippen LogP contribution in [0.5, 0.6) is 0 Å². The van der Waals surface area contributed by atoms with E-state index in [9.17, 15) is 13.2 Å². The Balaban J connectivity index is 2.18. The number of hydrogen-bond donors (Lipinski definition) is 3. The summed E-state index contributed by atoms with van der Waals surface area (Å²) >= 11 is 1.41. The summed E-state index contributed by atoms with van der Waals surface area (Å²) < 4.78 is 22.9. The van der Waals surface area contributed by atoms with Gasteiger partial charge < -0.3 is 11.1 Å². The van der Waals surface area contributed by atoms with Crippen LogP contribution in [0.15, 0.2) is 34.5 Å². The number of thiophene rings is 1. The Morgan fingerprint density at radius 2 is 2.10 bits per heavy atom. The second-order valence-corrected chi connectivity index (χ2v) is 7.02. The summed E-state index contributed by atoms with van der Waals surface area (Å²) in [6, 6.07) is 6.57. The van der Waals surface area contributed by atoms with Gasteiger partial charge in [0.25, 0.3) is 0 Å². The Morgan fingerprint density at radius 1 is 1.38 bits per heavy atom. The van der Waals surface area contributed by atoms with Crippen molar-refractivity contribution in [2.24, 2.45) is 10.9 Å². The van der Waals surface area contributed by atoms with E-state index >= 15 is 0 Å². The maximum Gasteiger partial charge on any atom is 0.249 e. The molecule has 0 saturated heterocycles. The summed E-state index contributed by atoms with van der Waals surface area (Å²) in [5.74, 6) is -0.468. The number of rotatable bonds is 5. The quantitative estimate of drug-likeness (QED) is 0.771. The maximum absolute atomic E-state index is 11.5. The molecule has 0 saturated carbocycles. The number of benzene rings is 1. The van der Waals surface area contributed by atoms with Crippen LogP contribution in [0.25, 0.3) is 0 Å². The van der Waals surface area contributed by atoms with Crippen molar-refractivity contribution in [1.82, 2.24) is 0 Å². The van der Waals surface area contributed by atoms with E-state index in [1.165, 1.54) is 17.4 Å². The number of nitrogens with one attached hydrogen (secondary N) is 1. The number of primary sulfonamides is 1. The van der Waals surface area contributed by atoms with E-state index in [4.69, 9.17) is 10.9 Å². The molecule has 2 aromatic rings. The fourth-order valence-electron chi connectivity index (χ4n) is 1.90. The van der Waals surface area contributed by atoms with E-state index < -0.39 is 15.9 Å². The van der Waals surface area contributed by atoms with Gasteiger partial charge in [0.05, 0.1) is 10.5 Å². The first-order valence-corrected chi connectivity index (χ1v) is 8.45. The molecule has 1 amide bonds. The molecule has 0 radical (unpaired) electrons. The van der Waals surface area contributed by atoms with Crippen LogP contribution in [0.4, 0.5) is 5.69 Å². The summed E-state index contributed by atoms with van der Waals surface area (Å²) in [5, 5.41) is 9.99. The molecule has 112 valence electrons. The molecule has 0 atom stereocenters. The molecule has 0 spiro atoms. The van der Waals surface area contributed by atoms with Gasteiger partial charge in [-0.05, 0) is 30.7 Å². The zero-order valence-electron chi connectivity index (χ0n) is 11.3. The number of amides is 1. The van der Waals surface area contributed by atoms with Gasteiger partial charge >= 0.3 is 0 Å². The number of sulfonamides is 1. The van der Waals surface area contributed by atoms with Crippen molar-refractivity contribution in [2.45, 2.75) is 18.4 Å². The number of anilines is 1. The van der Waals surface area contributed by atoms with Crippen LogP contribution in [0.2, 0.25) is 0 Å². The van der Waals surface area contributed by atoms with Gasteiger partial charge in [-0.2, -0.15) is 0 Å². The Bertz CT molecular complexity index is 782. The SMILES string of the molecule is Cc1c(NCc2cc(C(N)=O)cs2)cccc1S(N)(=O)=O. The average molecular weight is 325 g/mol. The van der Waals surface area contributed by atoms with E-state index in [2.05, 4.69) is 5.32 Å². The van der Waals surface area contributed by atoms with Crippen LogP contribution in [0.3, 0.4) is 0 Å². The van der Waals surface area contributed by atoms with Crippen LogP contribution in [-0.4, -0.2) is 14.3 Å². The highest BCUT2D eigenvalue weighted by atomic mass is 32.2. The molecule has 8 heteroatoms. The number of hydrogen-bond acceptors (Lipinski definition) is 5. The van der Waals surface area contributed by atoms with Crippen LogP contribution < -0.4 is 16.2 Å². The highest BCUT2D eigenvalue weighted by molar-refractivity contribution is 7.89. The molecule has 0 unspecified atom stereocenters. The highest BCUT2D eigenvalue weighted by Gasteiger charge is 2.13. The summed E-state index contributed by atoms with van der Waals surface area (Å²) in [7, 11) is -3.74. The van der Waals surface area contributed by atoms with Gasteiger partial charge in [-0.1, -0.05) is 6.07 Å². The smallest absolute Gasteiger partial charge is 0.249 e. The molecule has 0 fully saturated rings. The van der Waals surface area contributed by atoms with Crippen molar-refractivity contribution in [3.8, 4) is 0 Å². The molecular formula is C13H15N3O3S2. The zero-order valence-corrected chi connectivity index (χ0v) is 12.9. The van der Waals surface area contributed by atoms with Crippen LogP contribution in [-0.2, 0) is 16.6 Å². The molecule has 1 aromatic heterocycles. The number of carbonyl (C=O) groups excluding carboxylic acids is 1. The van der Waals surface area contributed by atoms with Gasteiger partial charge in [0.1, 0.15) is 0 Å². The molecule has 0 bridgehead atoms. The molecule has 0 aliphatic carbocycles. The lowest BCUT2D eigenvalue weighted by atomic mass is 10.2. The lowest BCUT2D eigenvalue weighted by Crippen LogP contribution is -2.14. The molecule has 2 rings (SSSR count). The molecule has 1 heterocycles. The van der Waals surface area contributed by atoms with E-state index in [0.717, 1.165) is 4.88 Å². The summed E-state index contributed by atoms with van der Waals surface area (Å²) in [6.45, 7) is 2.15. The van der Waals surface area contributed by atoms with E-state index in [0.29, 0.717) is 23.4 Å². The Morgan fingerprint density at radius 3 is 2.67 bits per heavy atom. The minimum absolute atomic E-state index is 0.0940. The van der Waals surface area contributed by atoms with Gasteiger partial charge in [0, 0.05) is 22.5 Å². The Labute approximate surface area is 126 Å². The molecule has 21 heavy (non-hydrogen) atoms. The summed E-state index contributed by atoms with van der Waals surface area (Å²) in [6.07, 6.45) is 0. The molecule has 6 nitrogen and oxygen atoms in total. The third-order valence-electron chi connectivity index (χ3n) is 2.98. The fraction of sp³-hybridized carbons (Fsp3) is 0.154. The normalized spacial score (nSPS) is 11.3. The van der Waals surface area contributed by atoms with E-state index in [1.54, 1.807) is 30.5 Å². The molecule has 0 aliphatic heterocycles.